The smallest absolute Gasteiger partial charge is 0.159 e. The molecule has 0 bridgehead atoms. The Kier molecular flexibility index (Phi) is 8.46. The predicted octanol–water partition coefficient (Wildman–Crippen LogP) is 4.02. The summed E-state index contributed by atoms with van der Waals surface area (Å²) in [5.74, 6) is 3.25. The van der Waals surface area contributed by atoms with Gasteiger partial charge in [0.2, 0.25) is 0 Å². The SMILES string of the molecule is CCCC(O)COc1cc(OC)cc(-c2cc(N(C)C3CCOCC3)nc(C(=CN)C3CC3)n2)c1. The number of aromatic nitrogens is 2. The first-order valence-corrected chi connectivity index (χ1v) is 12.6. The van der Waals surface area contributed by atoms with Gasteiger partial charge in [-0.25, -0.2) is 9.97 Å². The van der Waals surface area contributed by atoms with E-state index in [0.29, 0.717) is 35.7 Å². The molecule has 8 nitrogen and oxygen atoms in total. The number of rotatable bonds is 11. The van der Waals surface area contributed by atoms with E-state index in [1.54, 1.807) is 13.3 Å². The van der Waals surface area contributed by atoms with Crippen LogP contribution >= 0.6 is 0 Å². The number of nitrogens with zero attached hydrogens (tertiary/aromatic N) is 3. The fraction of sp³-hybridized carbons (Fsp3) is 0.556. The molecule has 1 aromatic heterocycles. The van der Waals surface area contributed by atoms with Crippen molar-refractivity contribution in [3.05, 3.63) is 36.3 Å². The molecule has 2 aliphatic rings. The number of aliphatic hydroxyl groups excluding tert-OH is 1. The third-order valence-electron chi connectivity index (χ3n) is 6.74. The molecule has 4 rings (SSSR count). The fourth-order valence-corrected chi connectivity index (χ4v) is 4.47. The first kappa shape index (κ1) is 25.3. The van der Waals surface area contributed by atoms with Gasteiger partial charge in [0, 0.05) is 55.8 Å². The Bertz CT molecular complexity index is 1020. The summed E-state index contributed by atoms with van der Waals surface area (Å²) in [5.41, 5.74) is 8.67. The van der Waals surface area contributed by atoms with Gasteiger partial charge in [0.15, 0.2) is 5.82 Å². The molecule has 1 saturated carbocycles. The van der Waals surface area contributed by atoms with Gasteiger partial charge in [-0.15, -0.1) is 0 Å². The van der Waals surface area contributed by atoms with E-state index < -0.39 is 6.10 Å². The molecule has 3 N–H and O–H groups in total. The third kappa shape index (κ3) is 6.44. The summed E-state index contributed by atoms with van der Waals surface area (Å²) in [7, 11) is 3.72. The lowest BCUT2D eigenvalue weighted by atomic mass is 10.1. The Labute approximate surface area is 208 Å². The van der Waals surface area contributed by atoms with E-state index >= 15 is 0 Å². The summed E-state index contributed by atoms with van der Waals surface area (Å²) < 4.78 is 17.0. The Hall–Kier alpha value is -2.84. The minimum Gasteiger partial charge on any atom is -0.497 e. The zero-order chi connectivity index (χ0) is 24.8. The van der Waals surface area contributed by atoms with E-state index in [4.69, 9.17) is 29.9 Å². The highest BCUT2D eigenvalue weighted by Crippen LogP contribution is 2.41. The van der Waals surface area contributed by atoms with Crippen LogP contribution in [0.15, 0.2) is 30.5 Å². The van der Waals surface area contributed by atoms with Crippen LogP contribution in [0, 0.1) is 5.92 Å². The zero-order valence-electron chi connectivity index (χ0n) is 21.1. The minimum absolute atomic E-state index is 0.231. The van der Waals surface area contributed by atoms with Crippen LogP contribution in [0.25, 0.3) is 16.8 Å². The van der Waals surface area contributed by atoms with Crippen LogP contribution in [-0.4, -0.2) is 61.2 Å². The van der Waals surface area contributed by atoms with E-state index in [0.717, 1.165) is 68.0 Å². The standard InChI is InChI=1S/C27H38N4O4/c1-4-5-21(32)17-35-23-13-19(12-22(14-23)33-3)25-15-26(31(2)20-8-10-34-11-9-20)30-27(29-25)24(16-28)18-6-7-18/h12-16,18,20-21,32H,4-11,17,28H2,1-3H3. The van der Waals surface area contributed by atoms with Crippen LogP contribution in [-0.2, 0) is 4.74 Å². The first-order valence-electron chi connectivity index (χ1n) is 12.6. The molecular weight excluding hydrogens is 444 g/mol. The van der Waals surface area contributed by atoms with Crippen molar-refractivity contribution in [1.29, 1.82) is 0 Å². The van der Waals surface area contributed by atoms with Gasteiger partial charge in [0.05, 0.1) is 18.9 Å². The molecule has 1 aliphatic carbocycles. The number of allylic oxidation sites excluding steroid dienone is 1. The van der Waals surface area contributed by atoms with Crippen molar-refractivity contribution >= 4 is 11.4 Å². The number of benzene rings is 1. The molecule has 1 atom stereocenters. The predicted molar refractivity (Wildman–Crippen MR) is 138 cm³/mol. The monoisotopic (exact) mass is 482 g/mol. The largest absolute Gasteiger partial charge is 0.497 e. The molecule has 190 valence electrons. The molecule has 0 amide bonds. The van der Waals surface area contributed by atoms with Gasteiger partial charge in [-0.2, -0.15) is 0 Å². The summed E-state index contributed by atoms with van der Waals surface area (Å²) in [5, 5.41) is 10.1. The minimum atomic E-state index is -0.504. The average molecular weight is 483 g/mol. The van der Waals surface area contributed by atoms with Gasteiger partial charge in [-0.05, 0) is 50.2 Å². The molecule has 2 fully saturated rings. The lowest BCUT2D eigenvalue weighted by molar-refractivity contribution is 0.0853. The highest BCUT2D eigenvalue weighted by molar-refractivity contribution is 5.71. The van der Waals surface area contributed by atoms with Crippen molar-refractivity contribution in [2.45, 2.75) is 57.6 Å². The van der Waals surface area contributed by atoms with E-state index in [9.17, 15) is 5.11 Å². The summed E-state index contributed by atoms with van der Waals surface area (Å²) in [6.45, 7) is 3.79. The lowest BCUT2D eigenvalue weighted by Crippen LogP contribution is -2.37. The Morgan fingerprint density at radius 3 is 2.57 bits per heavy atom. The average Bonchev–Trinajstić information content (AvgIpc) is 3.73. The van der Waals surface area contributed by atoms with E-state index in [1.165, 1.54) is 0 Å². The molecule has 2 heterocycles. The molecule has 8 heteroatoms. The van der Waals surface area contributed by atoms with E-state index in [-0.39, 0.29) is 6.61 Å². The zero-order valence-corrected chi connectivity index (χ0v) is 21.1. The van der Waals surface area contributed by atoms with Crippen LogP contribution in [0.4, 0.5) is 5.82 Å². The highest BCUT2D eigenvalue weighted by atomic mass is 16.5. The van der Waals surface area contributed by atoms with Crippen LogP contribution in [0.5, 0.6) is 11.5 Å². The van der Waals surface area contributed by atoms with Crippen molar-refractivity contribution in [1.82, 2.24) is 9.97 Å². The fourth-order valence-electron chi connectivity index (χ4n) is 4.47. The van der Waals surface area contributed by atoms with Crippen LogP contribution < -0.4 is 20.1 Å². The van der Waals surface area contributed by atoms with Gasteiger partial charge < -0.3 is 30.0 Å². The molecule has 1 saturated heterocycles. The van der Waals surface area contributed by atoms with Crippen LogP contribution in [0.2, 0.25) is 0 Å². The second-order valence-corrected chi connectivity index (χ2v) is 9.44. The second kappa shape index (κ2) is 11.7. The number of aliphatic hydroxyl groups is 1. The van der Waals surface area contributed by atoms with Crippen molar-refractivity contribution in [3.8, 4) is 22.8 Å². The summed E-state index contributed by atoms with van der Waals surface area (Å²) >= 11 is 0. The maximum Gasteiger partial charge on any atom is 0.159 e. The molecular formula is C27H38N4O4. The second-order valence-electron chi connectivity index (χ2n) is 9.44. The van der Waals surface area contributed by atoms with E-state index in [2.05, 4.69) is 11.9 Å². The van der Waals surface area contributed by atoms with Crippen molar-refractivity contribution < 1.29 is 19.3 Å². The number of anilines is 1. The molecule has 1 aromatic carbocycles. The van der Waals surface area contributed by atoms with Crippen molar-refractivity contribution in [2.75, 3.05) is 38.9 Å². The Morgan fingerprint density at radius 1 is 1.17 bits per heavy atom. The van der Waals surface area contributed by atoms with Gasteiger partial charge in [0.1, 0.15) is 23.9 Å². The van der Waals surface area contributed by atoms with Crippen molar-refractivity contribution in [2.24, 2.45) is 11.7 Å². The molecule has 0 radical (unpaired) electrons. The van der Waals surface area contributed by atoms with Crippen molar-refractivity contribution in [3.63, 3.8) is 0 Å². The summed E-state index contributed by atoms with van der Waals surface area (Å²) in [6, 6.07) is 8.09. The Balaban J connectivity index is 1.71. The normalized spacial score (nSPS) is 17.8. The summed E-state index contributed by atoms with van der Waals surface area (Å²) in [4.78, 5) is 12.1. The van der Waals surface area contributed by atoms with E-state index in [1.807, 2.05) is 31.2 Å². The topological polar surface area (TPSA) is 103 Å². The van der Waals surface area contributed by atoms with Crippen LogP contribution in [0.3, 0.4) is 0 Å². The van der Waals surface area contributed by atoms with Gasteiger partial charge in [-0.3, -0.25) is 0 Å². The third-order valence-corrected chi connectivity index (χ3v) is 6.74. The molecule has 1 unspecified atom stereocenters. The van der Waals surface area contributed by atoms with Gasteiger partial charge in [-0.1, -0.05) is 13.3 Å². The number of methoxy groups -OCH3 is 1. The highest BCUT2D eigenvalue weighted by Gasteiger charge is 2.30. The number of ether oxygens (including phenoxy) is 3. The molecule has 2 aromatic rings. The lowest BCUT2D eigenvalue weighted by Gasteiger charge is -2.32. The van der Waals surface area contributed by atoms with Crippen LogP contribution in [0.1, 0.15) is 51.3 Å². The number of hydrogen-bond acceptors (Lipinski definition) is 8. The maximum absolute atomic E-state index is 10.1. The van der Waals surface area contributed by atoms with Gasteiger partial charge in [0.25, 0.3) is 0 Å². The van der Waals surface area contributed by atoms with Gasteiger partial charge >= 0.3 is 0 Å². The maximum atomic E-state index is 10.1. The molecule has 35 heavy (non-hydrogen) atoms. The Morgan fingerprint density at radius 2 is 1.91 bits per heavy atom. The quantitative estimate of drug-likeness (QED) is 0.495. The molecule has 0 spiro atoms. The molecule has 1 aliphatic heterocycles. The number of nitrogens with two attached hydrogens (primary N) is 1. The first-order chi connectivity index (χ1) is 17.0. The summed E-state index contributed by atoms with van der Waals surface area (Å²) in [6.07, 6.45) is 6.90. The number of hydrogen-bond donors (Lipinski definition) is 2.